The number of carboxylic acid groups (broad SMARTS) is 1. The molecule has 0 bridgehead atoms. The van der Waals surface area contributed by atoms with Crippen molar-refractivity contribution in [1.29, 1.82) is 0 Å². The number of rotatable bonds is 5. The molecular weight excluding hydrogens is 504 g/mol. The van der Waals surface area contributed by atoms with Gasteiger partial charge in [-0.3, -0.25) is 4.90 Å². The molecule has 5 nitrogen and oxygen atoms in total. The Hall–Kier alpha value is -2.53. The molecule has 1 unspecified atom stereocenters. The van der Waals surface area contributed by atoms with Crippen molar-refractivity contribution >= 4 is 16.7 Å². The van der Waals surface area contributed by atoms with Crippen molar-refractivity contribution in [1.82, 2.24) is 4.90 Å². The van der Waals surface area contributed by atoms with E-state index in [2.05, 4.69) is 4.90 Å². The molecular formula is C26H27F6NO4. The van der Waals surface area contributed by atoms with Gasteiger partial charge in [0.25, 0.3) is 0 Å². The summed E-state index contributed by atoms with van der Waals surface area (Å²) >= 11 is 0. The van der Waals surface area contributed by atoms with Gasteiger partial charge in [-0.25, -0.2) is 4.79 Å². The van der Waals surface area contributed by atoms with Crippen molar-refractivity contribution in [2.75, 3.05) is 19.7 Å². The van der Waals surface area contributed by atoms with Gasteiger partial charge in [-0.15, -0.1) is 0 Å². The molecule has 0 aromatic heterocycles. The van der Waals surface area contributed by atoms with Crippen LogP contribution in [0.5, 0.6) is 5.75 Å². The third kappa shape index (κ3) is 5.38. The van der Waals surface area contributed by atoms with Crippen LogP contribution in [0.3, 0.4) is 0 Å². The lowest BCUT2D eigenvalue weighted by molar-refractivity contribution is -0.185. The van der Waals surface area contributed by atoms with Crippen molar-refractivity contribution in [3.05, 3.63) is 41.5 Å². The monoisotopic (exact) mass is 531 g/mol. The lowest BCUT2D eigenvalue weighted by Crippen LogP contribution is -2.56. The van der Waals surface area contributed by atoms with Crippen LogP contribution in [0.25, 0.3) is 10.8 Å². The van der Waals surface area contributed by atoms with E-state index in [-0.39, 0.29) is 42.2 Å². The molecule has 1 saturated carbocycles. The van der Waals surface area contributed by atoms with Gasteiger partial charge in [0.2, 0.25) is 0 Å². The summed E-state index contributed by atoms with van der Waals surface area (Å²) in [6, 6.07) is 7.54. The second-order valence-electron chi connectivity index (χ2n) is 10.6. The Balaban J connectivity index is 1.29. The molecule has 0 radical (unpaired) electrons. The molecule has 37 heavy (non-hydrogen) atoms. The molecule has 1 aliphatic carbocycles. The Morgan fingerprint density at radius 1 is 1.05 bits per heavy atom. The SMILES string of the molecule is O=C(O)C1CC2(CO1)CN(Cc1ccc3c(C(F)(F)F)c(OC4CCC(C(F)(F)F)CC4)ccc3c1)C2. The Bertz CT molecular complexity index is 1170. The molecule has 1 atom stereocenters. The van der Waals surface area contributed by atoms with Crippen LogP contribution in [0.1, 0.15) is 43.2 Å². The van der Waals surface area contributed by atoms with Gasteiger partial charge >= 0.3 is 18.3 Å². The number of likely N-dealkylation sites (tertiary alicyclic amines) is 1. The van der Waals surface area contributed by atoms with E-state index in [1.165, 1.54) is 12.1 Å². The minimum absolute atomic E-state index is 0.0219. The highest BCUT2D eigenvalue weighted by Gasteiger charge is 2.50. The first-order valence-corrected chi connectivity index (χ1v) is 12.3. The maximum atomic E-state index is 14.1. The van der Waals surface area contributed by atoms with E-state index in [0.29, 0.717) is 38.0 Å². The zero-order chi connectivity index (χ0) is 26.6. The zero-order valence-corrected chi connectivity index (χ0v) is 19.9. The molecule has 1 spiro atoms. The summed E-state index contributed by atoms with van der Waals surface area (Å²) in [6.07, 6.45) is -10.3. The summed E-state index contributed by atoms with van der Waals surface area (Å²) in [4.78, 5) is 13.2. The minimum atomic E-state index is -4.70. The summed E-state index contributed by atoms with van der Waals surface area (Å²) in [5, 5.41) is 9.50. The fourth-order valence-electron chi connectivity index (χ4n) is 5.98. The summed E-state index contributed by atoms with van der Waals surface area (Å²) in [5.41, 5.74) is -0.280. The number of alkyl halides is 6. The number of benzene rings is 2. The lowest BCUT2D eigenvalue weighted by Gasteiger charge is -2.47. The average molecular weight is 531 g/mol. The van der Waals surface area contributed by atoms with E-state index in [0.717, 1.165) is 5.56 Å². The first kappa shape index (κ1) is 26.1. The maximum Gasteiger partial charge on any atom is 0.420 e. The molecule has 1 N–H and O–H groups in total. The number of halogens is 6. The number of ether oxygens (including phenoxy) is 2. The van der Waals surface area contributed by atoms with E-state index in [1.807, 2.05) is 0 Å². The number of hydrogen-bond donors (Lipinski definition) is 1. The lowest BCUT2D eigenvalue weighted by atomic mass is 9.77. The second kappa shape index (κ2) is 9.34. The topological polar surface area (TPSA) is 59.0 Å². The van der Waals surface area contributed by atoms with Gasteiger partial charge in [0.05, 0.1) is 18.6 Å². The number of carboxylic acids is 1. The Labute approximate surface area is 209 Å². The van der Waals surface area contributed by atoms with E-state index in [9.17, 15) is 31.1 Å². The van der Waals surface area contributed by atoms with E-state index in [1.54, 1.807) is 18.2 Å². The van der Waals surface area contributed by atoms with Crippen LogP contribution in [0, 0.1) is 11.3 Å². The smallest absolute Gasteiger partial charge is 0.420 e. The molecule has 0 amide bonds. The number of fused-ring (bicyclic) bond motifs is 1. The third-order valence-corrected chi connectivity index (χ3v) is 7.77. The summed E-state index contributed by atoms with van der Waals surface area (Å²) in [6.45, 7) is 2.21. The Morgan fingerprint density at radius 2 is 1.76 bits per heavy atom. The second-order valence-corrected chi connectivity index (χ2v) is 10.6. The first-order chi connectivity index (χ1) is 17.3. The summed E-state index contributed by atoms with van der Waals surface area (Å²) in [5.74, 6) is -2.77. The summed E-state index contributed by atoms with van der Waals surface area (Å²) < 4.78 is 92.1. The van der Waals surface area contributed by atoms with Crippen molar-refractivity contribution in [3.63, 3.8) is 0 Å². The number of carbonyl (C=O) groups is 1. The Kier molecular flexibility index (Phi) is 6.59. The van der Waals surface area contributed by atoms with Gasteiger partial charge in [-0.05, 0) is 60.6 Å². The van der Waals surface area contributed by atoms with Crippen molar-refractivity contribution < 1.29 is 45.7 Å². The van der Waals surface area contributed by atoms with Gasteiger partial charge in [-0.1, -0.05) is 18.2 Å². The molecule has 11 heteroatoms. The predicted octanol–water partition coefficient (Wildman–Crippen LogP) is 6.03. The highest BCUT2D eigenvalue weighted by atomic mass is 19.4. The fraction of sp³-hybridized carbons (Fsp3) is 0.577. The van der Waals surface area contributed by atoms with Crippen LogP contribution in [0.4, 0.5) is 26.3 Å². The van der Waals surface area contributed by atoms with Crippen LogP contribution in [0.2, 0.25) is 0 Å². The average Bonchev–Trinajstić information content (AvgIpc) is 3.24. The van der Waals surface area contributed by atoms with Crippen LogP contribution >= 0.6 is 0 Å². The maximum absolute atomic E-state index is 14.1. The molecule has 2 saturated heterocycles. The van der Waals surface area contributed by atoms with Gasteiger partial charge in [0.15, 0.2) is 6.10 Å². The van der Waals surface area contributed by atoms with Crippen molar-refractivity contribution in [2.24, 2.45) is 11.3 Å². The predicted molar refractivity (Wildman–Crippen MR) is 121 cm³/mol. The summed E-state index contributed by atoms with van der Waals surface area (Å²) in [7, 11) is 0. The molecule has 202 valence electrons. The number of hydrogen-bond acceptors (Lipinski definition) is 4. The number of nitrogens with zero attached hydrogens (tertiary/aromatic N) is 1. The largest absolute Gasteiger partial charge is 0.490 e. The zero-order valence-electron chi connectivity index (χ0n) is 19.9. The van der Waals surface area contributed by atoms with E-state index in [4.69, 9.17) is 14.6 Å². The van der Waals surface area contributed by atoms with Crippen molar-refractivity contribution in [2.45, 2.75) is 63.2 Å². The van der Waals surface area contributed by atoms with Crippen LogP contribution in [-0.2, 0) is 22.3 Å². The quantitative estimate of drug-likeness (QED) is 0.478. The highest BCUT2D eigenvalue weighted by molar-refractivity contribution is 5.89. The van der Waals surface area contributed by atoms with E-state index >= 15 is 0 Å². The van der Waals surface area contributed by atoms with Gasteiger partial charge in [0.1, 0.15) is 11.3 Å². The molecule has 2 aliphatic heterocycles. The molecule has 3 aliphatic rings. The van der Waals surface area contributed by atoms with Crippen LogP contribution in [-0.4, -0.2) is 54.1 Å². The highest BCUT2D eigenvalue weighted by Crippen LogP contribution is 2.45. The third-order valence-electron chi connectivity index (χ3n) is 7.77. The fourth-order valence-corrected chi connectivity index (χ4v) is 5.98. The first-order valence-electron chi connectivity index (χ1n) is 12.3. The molecule has 3 fully saturated rings. The van der Waals surface area contributed by atoms with Crippen LogP contribution < -0.4 is 4.74 Å². The minimum Gasteiger partial charge on any atom is -0.490 e. The standard InChI is InChI=1S/C26H27F6NO4/c27-25(28,29)17-3-5-18(6-4-17)37-20-8-2-16-9-15(1-7-19(16)22(20)26(30,31)32)11-33-12-24(13-33)10-21(23(34)35)36-14-24/h1-2,7-9,17-18,21H,3-6,10-14H2,(H,34,35). The molecule has 5 rings (SSSR count). The van der Waals surface area contributed by atoms with Gasteiger partial charge in [0, 0.05) is 25.0 Å². The molecule has 2 aromatic carbocycles. The van der Waals surface area contributed by atoms with Gasteiger partial charge in [-0.2, -0.15) is 26.3 Å². The van der Waals surface area contributed by atoms with Crippen LogP contribution in [0.15, 0.2) is 30.3 Å². The molecule has 2 aromatic rings. The Morgan fingerprint density at radius 3 is 2.35 bits per heavy atom. The van der Waals surface area contributed by atoms with Crippen molar-refractivity contribution in [3.8, 4) is 5.75 Å². The van der Waals surface area contributed by atoms with E-state index < -0.39 is 42.0 Å². The normalized spacial score (nSPS) is 26.4. The van der Waals surface area contributed by atoms with Gasteiger partial charge < -0.3 is 14.6 Å². The molecule has 2 heterocycles. The number of aliphatic carboxylic acids is 1.